The topological polar surface area (TPSA) is 115 Å². The molecule has 0 radical (unpaired) electrons. The molecule has 0 atom stereocenters. The number of hydrogen-bond acceptors (Lipinski definition) is 7. The summed E-state index contributed by atoms with van der Waals surface area (Å²) in [6.45, 7) is 0.0847. The molecule has 2 aromatic carbocycles. The third-order valence-corrected chi connectivity index (χ3v) is 9.83. The van der Waals surface area contributed by atoms with Crippen LogP contribution in [0, 0.1) is 11.7 Å². The van der Waals surface area contributed by atoms with Crippen molar-refractivity contribution < 1.29 is 33.4 Å². The molecule has 2 N–H and O–H groups in total. The van der Waals surface area contributed by atoms with Crippen molar-refractivity contribution in [3.05, 3.63) is 91.5 Å². The number of pyridine rings is 1. The summed E-state index contributed by atoms with van der Waals surface area (Å²) in [5, 5.41) is 25.6. The van der Waals surface area contributed by atoms with Crippen LogP contribution < -0.4 is 9.47 Å². The molecule has 0 aliphatic heterocycles. The number of fused-ring (bicyclic) bond motifs is 1. The molecule has 3 saturated carbocycles. The lowest BCUT2D eigenvalue weighted by atomic mass is 9.65. The molecule has 12 heteroatoms. The van der Waals surface area contributed by atoms with E-state index in [2.05, 4.69) is 10.1 Å². The number of ether oxygens (including phenoxy) is 2. The molecule has 3 aliphatic rings. The van der Waals surface area contributed by atoms with Gasteiger partial charge >= 0.3 is 5.97 Å². The summed E-state index contributed by atoms with van der Waals surface area (Å²) < 4.78 is 31.1. The van der Waals surface area contributed by atoms with Crippen molar-refractivity contribution in [1.29, 1.82) is 0 Å². The second-order valence-electron chi connectivity index (χ2n) is 11.5. The molecular weight excluding hydrogens is 622 g/mol. The quantitative estimate of drug-likeness (QED) is 0.192. The van der Waals surface area contributed by atoms with Gasteiger partial charge in [0.1, 0.15) is 29.6 Å². The first-order valence-corrected chi connectivity index (χ1v) is 14.7. The predicted octanol–water partition coefficient (Wildman–Crippen LogP) is 7.55. The Labute approximate surface area is 260 Å². The van der Waals surface area contributed by atoms with E-state index in [0.717, 1.165) is 18.6 Å². The predicted molar refractivity (Wildman–Crippen MR) is 156 cm³/mol. The number of aliphatic hydroxyl groups is 1. The standard InChI is InChI=1S/C31H24Cl3FN2O6/c1-41-28-19(4-14(12-36-28)29(38)39)15-8-31(40,9-15)21-3-2-18(7-22(21)32)42-13-20-26(25-23(33)5-17(35)6-24(25)34)37-43-27(20)30-10-16(30)11-30/h2-7,12,15-16,40H,8-11,13H2,1H3,(H,38,39)/t15-,16?,30?,31+. The van der Waals surface area contributed by atoms with E-state index in [0.29, 0.717) is 63.4 Å². The minimum Gasteiger partial charge on any atom is -0.489 e. The van der Waals surface area contributed by atoms with Crippen molar-refractivity contribution >= 4 is 40.8 Å². The summed E-state index contributed by atoms with van der Waals surface area (Å²) in [6, 6.07) is 8.97. The van der Waals surface area contributed by atoms with Gasteiger partial charge < -0.3 is 24.2 Å². The Hall–Kier alpha value is -3.37. The average Bonchev–Trinajstić information content (AvgIpc) is 3.78. The Bertz CT molecular complexity index is 1780. The van der Waals surface area contributed by atoms with Crippen molar-refractivity contribution in [3.8, 4) is 22.9 Å². The van der Waals surface area contributed by atoms with E-state index in [4.69, 9.17) is 48.8 Å². The molecule has 0 bridgehead atoms. The van der Waals surface area contributed by atoms with Crippen LogP contribution in [0.25, 0.3) is 11.3 Å². The Kier molecular flexibility index (Phi) is 6.66. The molecule has 2 heterocycles. The van der Waals surface area contributed by atoms with Gasteiger partial charge in [-0.3, -0.25) is 0 Å². The molecule has 222 valence electrons. The van der Waals surface area contributed by atoms with E-state index in [9.17, 15) is 19.4 Å². The van der Waals surface area contributed by atoms with Gasteiger partial charge in [0.05, 0.1) is 38.9 Å². The molecule has 3 aliphatic carbocycles. The van der Waals surface area contributed by atoms with Crippen molar-refractivity contribution in [2.24, 2.45) is 5.92 Å². The van der Waals surface area contributed by atoms with Crippen molar-refractivity contribution in [3.63, 3.8) is 0 Å². The van der Waals surface area contributed by atoms with E-state index in [-0.39, 0.29) is 33.5 Å². The monoisotopic (exact) mass is 644 g/mol. The van der Waals surface area contributed by atoms with Gasteiger partial charge in [-0.15, -0.1) is 0 Å². The average molecular weight is 646 g/mol. The molecule has 8 nitrogen and oxygen atoms in total. The first-order valence-electron chi connectivity index (χ1n) is 13.6. The fourth-order valence-electron chi connectivity index (χ4n) is 6.23. The number of aromatic carboxylic acids is 1. The molecule has 43 heavy (non-hydrogen) atoms. The zero-order chi connectivity index (χ0) is 30.3. The molecule has 3 fully saturated rings. The summed E-state index contributed by atoms with van der Waals surface area (Å²) in [5.74, 6) is 0.277. The van der Waals surface area contributed by atoms with Crippen LogP contribution in [0.4, 0.5) is 4.39 Å². The second kappa shape index (κ2) is 10.1. The molecule has 0 unspecified atom stereocenters. The van der Waals surface area contributed by atoms with E-state index < -0.39 is 17.4 Å². The van der Waals surface area contributed by atoms with E-state index >= 15 is 0 Å². The number of carbonyl (C=O) groups is 1. The fourth-order valence-corrected chi connectivity index (χ4v) is 7.22. The number of rotatable bonds is 9. The third-order valence-electron chi connectivity index (χ3n) is 8.92. The van der Waals surface area contributed by atoms with Crippen LogP contribution >= 0.6 is 34.8 Å². The van der Waals surface area contributed by atoms with Crippen LogP contribution in [0.5, 0.6) is 11.6 Å². The maximum absolute atomic E-state index is 13.9. The molecule has 7 rings (SSSR count). The smallest absolute Gasteiger partial charge is 0.337 e. The number of carboxylic acids is 1. The first-order chi connectivity index (χ1) is 20.5. The highest BCUT2D eigenvalue weighted by atomic mass is 35.5. The Morgan fingerprint density at radius 1 is 1.09 bits per heavy atom. The van der Waals surface area contributed by atoms with Gasteiger partial charge in [-0.1, -0.05) is 46.0 Å². The lowest BCUT2D eigenvalue weighted by Gasteiger charge is -2.44. The minimum absolute atomic E-state index is 0.0311. The summed E-state index contributed by atoms with van der Waals surface area (Å²) in [6.07, 6.45) is 3.89. The van der Waals surface area contributed by atoms with Gasteiger partial charge in [0.2, 0.25) is 5.88 Å². The normalized spacial score (nSPS) is 25.1. The highest BCUT2D eigenvalue weighted by molar-refractivity contribution is 6.39. The van der Waals surface area contributed by atoms with Gasteiger partial charge in [0.25, 0.3) is 0 Å². The van der Waals surface area contributed by atoms with Crippen LogP contribution in [0.2, 0.25) is 15.1 Å². The van der Waals surface area contributed by atoms with Gasteiger partial charge in [-0.05, 0) is 67.9 Å². The highest BCUT2D eigenvalue weighted by Crippen LogP contribution is 2.76. The second-order valence-corrected chi connectivity index (χ2v) is 12.8. The summed E-state index contributed by atoms with van der Waals surface area (Å²) in [4.78, 5) is 15.6. The van der Waals surface area contributed by atoms with E-state index in [1.165, 1.54) is 31.5 Å². The largest absolute Gasteiger partial charge is 0.489 e. The zero-order valence-corrected chi connectivity index (χ0v) is 24.9. The number of hydrogen-bond donors (Lipinski definition) is 2. The van der Waals surface area contributed by atoms with E-state index in [1.54, 1.807) is 18.2 Å². The SMILES string of the molecule is COc1ncc(C(=O)O)cc1[C@H]1C[C@](O)(c2ccc(OCc3c(-c4c(Cl)cc(F)cc4Cl)noc3C34CC3C4)cc2Cl)C1. The zero-order valence-electron chi connectivity index (χ0n) is 22.7. The summed E-state index contributed by atoms with van der Waals surface area (Å²) in [5.41, 5.74) is 1.44. The van der Waals surface area contributed by atoms with Crippen LogP contribution in [0.1, 0.15) is 64.4 Å². The molecule has 4 aromatic rings. The minimum atomic E-state index is -1.22. The van der Waals surface area contributed by atoms with Gasteiger partial charge in [0.15, 0.2) is 0 Å². The lowest BCUT2D eigenvalue weighted by Crippen LogP contribution is -2.40. The lowest BCUT2D eigenvalue weighted by molar-refractivity contribution is -0.0554. The van der Waals surface area contributed by atoms with Gasteiger partial charge in [-0.2, -0.15) is 0 Å². The van der Waals surface area contributed by atoms with Crippen molar-refractivity contribution in [2.75, 3.05) is 7.11 Å². The molecule has 0 saturated heterocycles. The summed E-state index contributed by atoms with van der Waals surface area (Å²) in [7, 11) is 1.47. The maximum Gasteiger partial charge on any atom is 0.337 e. The van der Waals surface area contributed by atoms with Crippen LogP contribution in [0.3, 0.4) is 0 Å². The Balaban J connectivity index is 1.11. The van der Waals surface area contributed by atoms with Crippen molar-refractivity contribution in [2.45, 2.75) is 49.2 Å². The van der Waals surface area contributed by atoms with Crippen LogP contribution in [0.15, 0.2) is 47.1 Å². The number of halogens is 4. The Morgan fingerprint density at radius 2 is 1.79 bits per heavy atom. The van der Waals surface area contributed by atoms with Crippen LogP contribution in [-0.4, -0.2) is 33.4 Å². The molecule has 0 amide bonds. The first kappa shape index (κ1) is 28.4. The van der Waals surface area contributed by atoms with Crippen molar-refractivity contribution in [1.82, 2.24) is 10.1 Å². The number of nitrogens with zero attached hydrogens (tertiary/aromatic N) is 2. The third kappa shape index (κ3) is 4.73. The molecular formula is C31H24Cl3FN2O6. The number of carboxylic acid groups (broad SMARTS) is 1. The molecule has 0 spiro atoms. The van der Waals surface area contributed by atoms with Crippen LogP contribution in [-0.2, 0) is 17.6 Å². The van der Waals surface area contributed by atoms with Gasteiger partial charge in [0, 0.05) is 28.3 Å². The number of benzene rings is 2. The number of aromatic nitrogens is 2. The fraction of sp³-hybridized carbons (Fsp3) is 0.323. The molecule has 2 aromatic heterocycles. The Morgan fingerprint density at radius 3 is 2.40 bits per heavy atom. The highest BCUT2D eigenvalue weighted by Gasteiger charge is 2.73. The van der Waals surface area contributed by atoms with Gasteiger partial charge in [-0.25, -0.2) is 14.2 Å². The summed E-state index contributed by atoms with van der Waals surface area (Å²) >= 11 is 19.4. The van der Waals surface area contributed by atoms with E-state index in [1.807, 2.05) is 0 Å². The number of methoxy groups -OCH3 is 1. The maximum atomic E-state index is 13.9.